The molecule has 0 aliphatic carbocycles. The molecule has 16 heavy (non-hydrogen) atoms. The average molecular weight is 219 g/mol. The van der Waals surface area contributed by atoms with Crippen molar-refractivity contribution in [3.63, 3.8) is 0 Å². The second-order valence-electron chi connectivity index (χ2n) is 3.53. The first-order valence-electron chi connectivity index (χ1n) is 4.96. The van der Waals surface area contributed by atoms with Crippen LogP contribution in [0.1, 0.15) is 18.6 Å². The number of hydrogen-bond donors (Lipinski definition) is 1. The fourth-order valence-corrected chi connectivity index (χ4v) is 1.37. The molecule has 2 aromatic rings. The third kappa shape index (κ3) is 2.20. The lowest BCUT2D eigenvalue weighted by Crippen LogP contribution is -1.97. The summed E-state index contributed by atoms with van der Waals surface area (Å²) in [5.74, 6) is 1.01. The summed E-state index contributed by atoms with van der Waals surface area (Å²) >= 11 is 0. The molecule has 0 aliphatic rings. The first kappa shape index (κ1) is 10.6. The molecule has 0 aromatic carbocycles. The van der Waals surface area contributed by atoms with Crippen LogP contribution < -0.4 is 4.74 Å². The van der Waals surface area contributed by atoms with Crippen LogP contribution in [0.3, 0.4) is 0 Å². The fourth-order valence-electron chi connectivity index (χ4n) is 1.37. The molecule has 1 N–H and O–H groups in total. The Balaban J connectivity index is 2.27. The maximum absolute atomic E-state index is 9.55. The summed E-state index contributed by atoms with van der Waals surface area (Å²) in [6, 6.07) is 3.54. The largest absolute Gasteiger partial charge is 0.435 e. The zero-order chi connectivity index (χ0) is 11.5. The van der Waals surface area contributed by atoms with Crippen molar-refractivity contribution in [3.8, 4) is 11.6 Å². The SMILES string of the molecule is CC(O)c1cccnc1Oc1cnn(C)c1. The average Bonchev–Trinajstić information content (AvgIpc) is 2.64. The van der Waals surface area contributed by atoms with Crippen molar-refractivity contribution in [3.05, 3.63) is 36.3 Å². The number of nitrogens with zero attached hydrogens (tertiary/aromatic N) is 3. The quantitative estimate of drug-likeness (QED) is 0.852. The fraction of sp³-hybridized carbons (Fsp3) is 0.273. The standard InChI is InChI=1S/C11H13N3O2/c1-8(15)10-4-3-5-12-11(10)16-9-6-13-14(2)7-9/h3-8,15H,1-2H3. The van der Waals surface area contributed by atoms with E-state index in [1.165, 1.54) is 0 Å². The monoisotopic (exact) mass is 219 g/mol. The number of ether oxygens (including phenoxy) is 1. The van der Waals surface area contributed by atoms with E-state index in [9.17, 15) is 5.11 Å². The van der Waals surface area contributed by atoms with Crippen LogP contribution >= 0.6 is 0 Å². The summed E-state index contributed by atoms with van der Waals surface area (Å²) in [5.41, 5.74) is 0.659. The molecule has 0 amide bonds. The van der Waals surface area contributed by atoms with Gasteiger partial charge in [-0.3, -0.25) is 4.68 Å². The number of aliphatic hydroxyl groups excluding tert-OH is 1. The Morgan fingerprint density at radius 3 is 2.94 bits per heavy atom. The highest BCUT2D eigenvalue weighted by Crippen LogP contribution is 2.26. The maximum atomic E-state index is 9.55. The van der Waals surface area contributed by atoms with E-state index < -0.39 is 6.10 Å². The van der Waals surface area contributed by atoms with E-state index in [4.69, 9.17) is 4.74 Å². The van der Waals surface area contributed by atoms with Crippen LogP contribution in [0.15, 0.2) is 30.7 Å². The number of aromatic nitrogens is 3. The first-order chi connectivity index (χ1) is 7.66. The molecule has 0 fully saturated rings. The summed E-state index contributed by atoms with van der Waals surface area (Å²) in [7, 11) is 1.81. The van der Waals surface area contributed by atoms with Gasteiger partial charge in [-0.15, -0.1) is 0 Å². The molecule has 5 heteroatoms. The van der Waals surface area contributed by atoms with Gasteiger partial charge < -0.3 is 9.84 Å². The molecule has 84 valence electrons. The molecule has 2 aromatic heterocycles. The van der Waals surface area contributed by atoms with Gasteiger partial charge in [0.05, 0.1) is 18.5 Å². The van der Waals surface area contributed by atoms with Crippen molar-refractivity contribution in [1.29, 1.82) is 0 Å². The van der Waals surface area contributed by atoms with Crippen LogP contribution in [-0.2, 0) is 7.05 Å². The minimum absolute atomic E-state index is 0.408. The molecule has 0 saturated carbocycles. The zero-order valence-electron chi connectivity index (χ0n) is 9.16. The second kappa shape index (κ2) is 4.32. The van der Waals surface area contributed by atoms with Gasteiger partial charge >= 0.3 is 0 Å². The van der Waals surface area contributed by atoms with Gasteiger partial charge in [0, 0.05) is 18.8 Å². The number of rotatable bonds is 3. The summed E-state index contributed by atoms with van der Waals surface area (Å²) in [4.78, 5) is 4.09. The Morgan fingerprint density at radius 1 is 1.50 bits per heavy atom. The van der Waals surface area contributed by atoms with Crippen molar-refractivity contribution in [2.45, 2.75) is 13.0 Å². The van der Waals surface area contributed by atoms with Crippen molar-refractivity contribution >= 4 is 0 Å². The molecule has 0 bridgehead atoms. The molecule has 0 saturated heterocycles. The summed E-state index contributed by atoms with van der Waals surface area (Å²) in [5, 5.41) is 13.5. The van der Waals surface area contributed by atoms with Gasteiger partial charge in [0.15, 0.2) is 5.75 Å². The highest BCUT2D eigenvalue weighted by molar-refractivity contribution is 5.31. The van der Waals surface area contributed by atoms with Gasteiger partial charge in [0.1, 0.15) is 0 Å². The van der Waals surface area contributed by atoms with E-state index >= 15 is 0 Å². The lowest BCUT2D eigenvalue weighted by atomic mass is 10.2. The predicted octanol–water partition coefficient (Wildman–Crippen LogP) is 1.66. The van der Waals surface area contributed by atoms with Gasteiger partial charge in [0.25, 0.3) is 0 Å². The molecule has 2 rings (SSSR count). The smallest absolute Gasteiger partial charge is 0.225 e. The van der Waals surface area contributed by atoms with E-state index in [1.54, 1.807) is 49.4 Å². The molecule has 5 nitrogen and oxygen atoms in total. The molecular formula is C11H13N3O2. The minimum Gasteiger partial charge on any atom is -0.435 e. The summed E-state index contributed by atoms with van der Waals surface area (Å²) < 4.78 is 7.18. The predicted molar refractivity (Wildman–Crippen MR) is 58.2 cm³/mol. The summed E-state index contributed by atoms with van der Waals surface area (Å²) in [6.07, 6.45) is 4.35. The Bertz CT molecular complexity index is 480. The van der Waals surface area contributed by atoms with Crippen LogP contribution in [0.25, 0.3) is 0 Å². The van der Waals surface area contributed by atoms with Crippen molar-refractivity contribution in [1.82, 2.24) is 14.8 Å². The minimum atomic E-state index is -0.611. The van der Waals surface area contributed by atoms with E-state index in [-0.39, 0.29) is 0 Å². The Morgan fingerprint density at radius 2 is 2.31 bits per heavy atom. The van der Waals surface area contributed by atoms with Gasteiger partial charge in [-0.25, -0.2) is 4.98 Å². The molecule has 1 atom stereocenters. The molecule has 0 aliphatic heterocycles. The Hall–Kier alpha value is -1.88. The topological polar surface area (TPSA) is 60.2 Å². The van der Waals surface area contributed by atoms with Crippen molar-refractivity contribution in [2.75, 3.05) is 0 Å². The highest BCUT2D eigenvalue weighted by atomic mass is 16.5. The Kier molecular flexibility index (Phi) is 2.87. The van der Waals surface area contributed by atoms with Crippen molar-refractivity contribution in [2.24, 2.45) is 7.05 Å². The van der Waals surface area contributed by atoms with Gasteiger partial charge in [0.2, 0.25) is 5.88 Å². The van der Waals surface area contributed by atoms with E-state index in [0.717, 1.165) is 0 Å². The van der Waals surface area contributed by atoms with Crippen LogP contribution in [-0.4, -0.2) is 19.9 Å². The number of aliphatic hydroxyl groups is 1. The second-order valence-corrected chi connectivity index (χ2v) is 3.53. The van der Waals surface area contributed by atoms with E-state index in [2.05, 4.69) is 10.1 Å². The first-order valence-corrected chi connectivity index (χ1v) is 4.96. The van der Waals surface area contributed by atoms with Gasteiger partial charge in [-0.1, -0.05) is 0 Å². The number of aryl methyl sites for hydroxylation is 1. The van der Waals surface area contributed by atoms with Crippen LogP contribution in [0.5, 0.6) is 11.6 Å². The Labute approximate surface area is 93.3 Å². The van der Waals surface area contributed by atoms with Crippen molar-refractivity contribution < 1.29 is 9.84 Å². The molecule has 0 radical (unpaired) electrons. The van der Waals surface area contributed by atoms with Crippen LogP contribution in [0.2, 0.25) is 0 Å². The van der Waals surface area contributed by atoms with Gasteiger partial charge in [-0.05, 0) is 19.1 Å². The number of pyridine rings is 1. The maximum Gasteiger partial charge on any atom is 0.225 e. The molecular weight excluding hydrogens is 206 g/mol. The molecule has 1 unspecified atom stereocenters. The lowest BCUT2D eigenvalue weighted by Gasteiger charge is -2.09. The van der Waals surface area contributed by atoms with Gasteiger partial charge in [-0.2, -0.15) is 5.10 Å². The summed E-state index contributed by atoms with van der Waals surface area (Å²) in [6.45, 7) is 1.67. The molecule has 2 heterocycles. The third-order valence-corrected chi connectivity index (χ3v) is 2.15. The number of hydrogen-bond acceptors (Lipinski definition) is 4. The molecule has 0 spiro atoms. The third-order valence-electron chi connectivity index (χ3n) is 2.15. The zero-order valence-corrected chi connectivity index (χ0v) is 9.16. The van der Waals surface area contributed by atoms with Crippen LogP contribution in [0, 0.1) is 0 Å². The van der Waals surface area contributed by atoms with Crippen LogP contribution in [0.4, 0.5) is 0 Å². The highest BCUT2D eigenvalue weighted by Gasteiger charge is 2.11. The van der Waals surface area contributed by atoms with E-state index in [1.807, 2.05) is 0 Å². The normalized spacial score (nSPS) is 12.4. The lowest BCUT2D eigenvalue weighted by molar-refractivity contribution is 0.194. The van der Waals surface area contributed by atoms with E-state index in [0.29, 0.717) is 17.2 Å².